The van der Waals surface area contributed by atoms with Crippen LogP contribution >= 0.6 is 0 Å². The van der Waals surface area contributed by atoms with E-state index in [1.165, 1.54) is 77.0 Å². The second-order valence-corrected chi connectivity index (χ2v) is 18.8. The normalized spacial score (nSPS) is 31.1. The van der Waals surface area contributed by atoms with Crippen LogP contribution in [0, 0.1) is 52.3 Å². The fraction of sp³-hybridized carbons (Fsp3) is 0.891. The molecule has 5 heteroatoms. The van der Waals surface area contributed by atoms with E-state index in [-0.39, 0.29) is 24.9 Å². The van der Waals surface area contributed by atoms with Gasteiger partial charge >= 0.3 is 6.09 Å². The summed E-state index contributed by atoms with van der Waals surface area (Å²) in [7, 11) is 0. The van der Waals surface area contributed by atoms with Gasteiger partial charge in [-0.1, -0.05) is 106 Å². The molecule has 0 bridgehead atoms. The van der Waals surface area contributed by atoms with Crippen LogP contribution in [0.5, 0.6) is 0 Å². The van der Waals surface area contributed by atoms with Gasteiger partial charge in [-0.3, -0.25) is 0 Å². The fourth-order valence-corrected chi connectivity index (χ4v) is 11.4. The average molecular weight is 723 g/mol. The van der Waals surface area contributed by atoms with Gasteiger partial charge in [0.25, 0.3) is 0 Å². The molecule has 1 amide bonds. The molecule has 2 N–H and O–H groups in total. The first-order chi connectivity index (χ1) is 24.2. The SMILES string of the molecule is C=C(NCCCCCCCCNC(=O)O[C@H]1CC[C@@]2(C)C(=CC[C@H]3C4CCC([C@H](C)CC[C@@H](CC)C(C)C)[C@@]4(C)CCC32)C1)OC(C)(C)C.CC.[HH].[HH].[HH].[HH].[HH]. The van der Waals surface area contributed by atoms with Crippen molar-refractivity contribution in [3.05, 3.63) is 24.1 Å². The van der Waals surface area contributed by atoms with E-state index in [2.05, 4.69) is 64.8 Å². The first-order valence-electron chi connectivity index (χ1n) is 21.9. The molecule has 0 spiro atoms. The summed E-state index contributed by atoms with van der Waals surface area (Å²) < 4.78 is 11.7. The quantitative estimate of drug-likeness (QED) is 0.0840. The molecule has 306 valence electrons. The molecule has 0 aromatic carbocycles. The number of carbonyl (C=O) groups excluding carboxylic acids is 1. The van der Waals surface area contributed by atoms with Gasteiger partial charge in [0, 0.05) is 26.6 Å². The average Bonchev–Trinajstić information content (AvgIpc) is 3.43. The Kier molecular flexibility index (Phi) is 17.3. The third kappa shape index (κ3) is 11.9. The molecule has 9 atom stereocenters. The lowest BCUT2D eigenvalue weighted by atomic mass is 9.47. The van der Waals surface area contributed by atoms with E-state index in [1.54, 1.807) is 5.57 Å². The Bertz CT molecular complexity index is 1120. The number of unbranched alkanes of at least 4 members (excludes halogenated alkanes) is 5. The molecule has 3 saturated carbocycles. The Morgan fingerprint density at radius 1 is 0.922 bits per heavy atom. The summed E-state index contributed by atoms with van der Waals surface area (Å²) in [5.74, 6) is 6.64. The standard InChI is InChI=1S/C44H78N2O3.C2H6.5H2/c1-11-34(31(2)3)19-18-32(4)38-22-23-39-37-21-20-35-30-36(24-26-43(35,9)40(37)25-27-44(38,39)10)48-41(47)46-29-17-15-13-12-14-16-28-45-33(5)49-42(6,7)8;1-2;;;;;/h20,31-32,34,36-40,45H,5,11-19,21-30H2,1-4,6-10H3,(H,46,47);1-2H3;5*1H/t32-,34-,36+,37+,38?,39?,40?,43+,44-;;;;;;/m1....../s1. The predicted molar refractivity (Wildman–Crippen MR) is 228 cm³/mol. The van der Waals surface area contributed by atoms with E-state index in [0.29, 0.717) is 23.3 Å². The lowest BCUT2D eigenvalue weighted by Gasteiger charge is -2.58. The Morgan fingerprint density at radius 2 is 1.57 bits per heavy atom. The van der Waals surface area contributed by atoms with Crippen LogP contribution in [0.1, 0.15) is 192 Å². The molecule has 51 heavy (non-hydrogen) atoms. The minimum absolute atomic E-state index is 0. The number of hydrogen-bond donors (Lipinski definition) is 2. The fourth-order valence-electron chi connectivity index (χ4n) is 11.4. The molecule has 4 aliphatic rings. The van der Waals surface area contributed by atoms with Gasteiger partial charge < -0.3 is 20.1 Å². The molecular weight excluding hydrogens is 629 g/mol. The lowest BCUT2D eigenvalue weighted by molar-refractivity contribution is -0.0583. The topological polar surface area (TPSA) is 59.6 Å². The maximum atomic E-state index is 12.7. The van der Waals surface area contributed by atoms with Gasteiger partial charge in [0.05, 0.1) is 0 Å². The van der Waals surface area contributed by atoms with Crippen molar-refractivity contribution in [2.75, 3.05) is 13.1 Å². The van der Waals surface area contributed by atoms with Crippen LogP contribution in [0.15, 0.2) is 24.1 Å². The molecule has 4 rings (SSSR count). The van der Waals surface area contributed by atoms with Gasteiger partial charge in [-0.25, -0.2) is 4.79 Å². The van der Waals surface area contributed by atoms with E-state index in [0.717, 1.165) is 80.1 Å². The van der Waals surface area contributed by atoms with Crippen molar-refractivity contribution in [3.63, 3.8) is 0 Å². The summed E-state index contributed by atoms with van der Waals surface area (Å²) in [5.41, 5.74) is 2.21. The first kappa shape index (κ1) is 43.8. The number of nitrogens with one attached hydrogen (secondary N) is 2. The van der Waals surface area contributed by atoms with Crippen molar-refractivity contribution in [1.82, 2.24) is 10.6 Å². The molecular formula is C46H94N2O3. The maximum Gasteiger partial charge on any atom is 0.407 e. The zero-order valence-corrected chi connectivity index (χ0v) is 35.6. The van der Waals surface area contributed by atoms with Gasteiger partial charge in [0.2, 0.25) is 0 Å². The molecule has 0 aromatic heterocycles. The monoisotopic (exact) mass is 723 g/mol. The molecule has 3 unspecified atom stereocenters. The van der Waals surface area contributed by atoms with E-state index >= 15 is 0 Å². The van der Waals surface area contributed by atoms with E-state index < -0.39 is 0 Å². The second-order valence-electron chi connectivity index (χ2n) is 18.8. The Balaban J connectivity index is -0.00000395. The summed E-state index contributed by atoms with van der Waals surface area (Å²) >= 11 is 0. The predicted octanol–water partition coefficient (Wildman–Crippen LogP) is 14.2. The number of alkyl carbamates (subject to hydrolysis) is 1. The number of amides is 1. The largest absolute Gasteiger partial charge is 0.474 e. The van der Waals surface area contributed by atoms with Crippen molar-refractivity contribution in [1.29, 1.82) is 0 Å². The van der Waals surface area contributed by atoms with Crippen LogP contribution in [0.4, 0.5) is 4.79 Å². The first-order valence-corrected chi connectivity index (χ1v) is 21.9. The second kappa shape index (κ2) is 20.1. The molecule has 3 fully saturated rings. The van der Waals surface area contributed by atoms with Crippen LogP contribution in [-0.4, -0.2) is 30.9 Å². The number of fused-ring (bicyclic) bond motifs is 5. The van der Waals surface area contributed by atoms with Crippen molar-refractivity contribution >= 4 is 6.09 Å². The molecule has 4 aliphatic carbocycles. The van der Waals surface area contributed by atoms with Crippen LogP contribution < -0.4 is 10.6 Å². The summed E-state index contributed by atoms with van der Waals surface area (Å²) in [5, 5.41) is 6.32. The highest BCUT2D eigenvalue weighted by Crippen LogP contribution is 2.67. The van der Waals surface area contributed by atoms with E-state index in [9.17, 15) is 4.79 Å². The zero-order valence-electron chi connectivity index (χ0n) is 35.6. The minimum Gasteiger partial charge on any atom is -0.474 e. The molecule has 0 aromatic rings. The van der Waals surface area contributed by atoms with Crippen LogP contribution in [-0.2, 0) is 9.47 Å². The Labute approximate surface area is 324 Å². The molecule has 0 heterocycles. The Morgan fingerprint density at radius 3 is 2.20 bits per heavy atom. The number of hydrogen-bond acceptors (Lipinski definition) is 4. The number of carbonyl (C=O) groups is 1. The van der Waals surface area contributed by atoms with Crippen molar-refractivity contribution in [2.24, 2.45) is 52.3 Å². The molecule has 0 saturated heterocycles. The third-order valence-corrected chi connectivity index (χ3v) is 14.2. The van der Waals surface area contributed by atoms with E-state index in [1.807, 2.05) is 34.6 Å². The zero-order chi connectivity index (χ0) is 37.8. The van der Waals surface area contributed by atoms with E-state index in [4.69, 9.17) is 9.47 Å². The maximum absolute atomic E-state index is 12.7. The van der Waals surface area contributed by atoms with Gasteiger partial charge in [-0.2, -0.15) is 0 Å². The smallest absolute Gasteiger partial charge is 0.407 e. The number of rotatable bonds is 18. The van der Waals surface area contributed by atoms with Gasteiger partial charge in [-0.05, 0) is 144 Å². The lowest BCUT2D eigenvalue weighted by Crippen LogP contribution is -2.51. The highest BCUT2D eigenvalue weighted by Gasteiger charge is 2.59. The summed E-state index contributed by atoms with van der Waals surface area (Å²) in [4.78, 5) is 12.7. The molecule has 5 nitrogen and oxygen atoms in total. The Hall–Kier alpha value is -1.65. The highest BCUT2D eigenvalue weighted by atomic mass is 16.6. The van der Waals surface area contributed by atoms with Crippen molar-refractivity contribution in [3.8, 4) is 0 Å². The molecule has 0 aliphatic heterocycles. The third-order valence-electron chi connectivity index (χ3n) is 14.2. The highest BCUT2D eigenvalue weighted by molar-refractivity contribution is 5.67. The van der Waals surface area contributed by atoms with Gasteiger partial charge in [-0.15, -0.1) is 0 Å². The summed E-state index contributed by atoms with van der Waals surface area (Å²) in [6.45, 7) is 30.8. The van der Waals surface area contributed by atoms with Gasteiger partial charge in [0.15, 0.2) is 5.88 Å². The summed E-state index contributed by atoms with van der Waals surface area (Å²) in [6, 6.07) is 0. The van der Waals surface area contributed by atoms with Crippen molar-refractivity contribution in [2.45, 2.75) is 197 Å². The molecule has 0 radical (unpaired) electrons. The minimum atomic E-state index is -0.218. The number of ether oxygens (including phenoxy) is 2. The van der Waals surface area contributed by atoms with Gasteiger partial charge in [0.1, 0.15) is 11.7 Å². The van der Waals surface area contributed by atoms with Crippen LogP contribution in [0.25, 0.3) is 0 Å². The van der Waals surface area contributed by atoms with Crippen LogP contribution in [0.3, 0.4) is 0 Å². The van der Waals surface area contributed by atoms with Crippen molar-refractivity contribution < 1.29 is 21.4 Å². The summed E-state index contributed by atoms with van der Waals surface area (Å²) in [6.07, 6.45) is 23.5. The van der Waals surface area contributed by atoms with Crippen LogP contribution in [0.2, 0.25) is 0 Å². The number of allylic oxidation sites excluding steroid dienone is 1.